The number of hydrogen-bond acceptors (Lipinski definition) is 5. The van der Waals surface area contributed by atoms with Gasteiger partial charge in [-0.3, -0.25) is 4.40 Å². The summed E-state index contributed by atoms with van der Waals surface area (Å²) in [4.78, 5) is 6.05. The van der Waals surface area contributed by atoms with Gasteiger partial charge < -0.3 is 4.42 Å². The van der Waals surface area contributed by atoms with Crippen LogP contribution in [-0.4, -0.2) is 28.7 Å². The highest BCUT2D eigenvalue weighted by Gasteiger charge is 2.29. The summed E-state index contributed by atoms with van der Waals surface area (Å²) in [5.41, 5.74) is 6.77. The van der Waals surface area contributed by atoms with Crippen molar-refractivity contribution in [2.24, 2.45) is 0 Å². The third-order valence-electron chi connectivity index (χ3n) is 6.36. The molecule has 2 aromatic carbocycles. The summed E-state index contributed by atoms with van der Waals surface area (Å²) in [7, 11) is -3.75. The normalized spacial score (nSPS) is 12.1. The van der Waals surface area contributed by atoms with Crippen LogP contribution in [0, 0.1) is 27.7 Å². The molecule has 186 valence electrons. The van der Waals surface area contributed by atoms with Crippen molar-refractivity contribution in [3.63, 3.8) is 0 Å². The highest BCUT2D eigenvalue weighted by molar-refractivity contribution is 7.89. The number of imidazole rings is 1. The molecule has 0 N–H and O–H groups in total. The van der Waals surface area contributed by atoms with Crippen molar-refractivity contribution in [1.29, 1.82) is 0 Å². The van der Waals surface area contributed by atoms with Crippen molar-refractivity contribution in [1.82, 2.24) is 13.7 Å². The van der Waals surface area contributed by atoms with E-state index in [9.17, 15) is 8.42 Å². The van der Waals surface area contributed by atoms with E-state index in [-0.39, 0.29) is 6.54 Å². The molecule has 0 atom stereocenters. The van der Waals surface area contributed by atoms with Crippen molar-refractivity contribution in [2.75, 3.05) is 6.54 Å². The highest BCUT2D eigenvalue weighted by Crippen LogP contribution is 2.28. The van der Waals surface area contributed by atoms with Gasteiger partial charge in [-0.1, -0.05) is 47.5 Å². The average molecular weight is 520 g/mol. The highest BCUT2D eigenvalue weighted by atomic mass is 32.2. The second-order valence-corrected chi connectivity index (χ2v) is 12.0. The van der Waals surface area contributed by atoms with E-state index >= 15 is 0 Å². The molecule has 3 heterocycles. The SMILES string of the molecule is Cc1ccc(-c2cn3c(CCN(Cc4ccco4)S(=O)(=O)c4c(C)cc(C)cc4C)csc3n2)cc1. The number of sulfonamides is 1. The molecule has 5 rings (SSSR count). The van der Waals surface area contributed by atoms with E-state index in [1.54, 1.807) is 23.7 Å². The lowest BCUT2D eigenvalue weighted by Crippen LogP contribution is -2.33. The molecule has 0 saturated heterocycles. The number of nitrogens with zero attached hydrogens (tertiary/aromatic N) is 3. The second kappa shape index (κ2) is 9.69. The summed E-state index contributed by atoms with van der Waals surface area (Å²) >= 11 is 1.57. The maximum Gasteiger partial charge on any atom is 0.244 e. The second-order valence-electron chi connectivity index (χ2n) is 9.27. The number of benzene rings is 2. The number of hydrogen-bond donors (Lipinski definition) is 0. The lowest BCUT2D eigenvalue weighted by atomic mass is 10.1. The van der Waals surface area contributed by atoms with Crippen LogP contribution in [0.25, 0.3) is 16.2 Å². The molecule has 0 aliphatic heterocycles. The van der Waals surface area contributed by atoms with Gasteiger partial charge in [0.05, 0.1) is 23.4 Å². The smallest absolute Gasteiger partial charge is 0.244 e. The quantitative estimate of drug-likeness (QED) is 0.240. The van der Waals surface area contributed by atoms with E-state index in [1.165, 1.54) is 9.87 Å². The Morgan fingerprint density at radius 1 is 1.00 bits per heavy atom. The monoisotopic (exact) mass is 519 g/mol. The fourth-order valence-electron chi connectivity index (χ4n) is 4.68. The Bertz CT molecular complexity index is 1590. The van der Waals surface area contributed by atoms with Crippen molar-refractivity contribution >= 4 is 26.3 Å². The van der Waals surface area contributed by atoms with Gasteiger partial charge in [-0.15, -0.1) is 11.3 Å². The van der Waals surface area contributed by atoms with Crippen LogP contribution in [0.5, 0.6) is 0 Å². The van der Waals surface area contributed by atoms with Gasteiger partial charge in [0.1, 0.15) is 5.76 Å². The van der Waals surface area contributed by atoms with Gasteiger partial charge in [0.2, 0.25) is 10.0 Å². The summed E-state index contributed by atoms with van der Waals surface area (Å²) in [5, 5.41) is 2.06. The van der Waals surface area contributed by atoms with Gasteiger partial charge in [-0.05, 0) is 51.0 Å². The first-order valence-electron chi connectivity index (χ1n) is 11.9. The fourth-order valence-corrected chi connectivity index (χ4v) is 7.40. The zero-order valence-corrected chi connectivity index (χ0v) is 22.5. The molecule has 0 bridgehead atoms. The first kappa shape index (κ1) is 24.5. The van der Waals surface area contributed by atoms with Crippen LogP contribution in [0.2, 0.25) is 0 Å². The average Bonchev–Trinajstić information content (AvgIpc) is 3.54. The lowest BCUT2D eigenvalue weighted by Gasteiger charge is -2.23. The number of fused-ring (bicyclic) bond motifs is 1. The molecule has 0 unspecified atom stereocenters. The van der Waals surface area contributed by atoms with Gasteiger partial charge in [-0.2, -0.15) is 4.31 Å². The molecule has 3 aromatic heterocycles. The molecule has 0 saturated carbocycles. The van der Waals surface area contributed by atoms with Gasteiger partial charge in [0.15, 0.2) is 4.96 Å². The lowest BCUT2D eigenvalue weighted by molar-refractivity contribution is 0.364. The van der Waals surface area contributed by atoms with Gasteiger partial charge in [0, 0.05) is 35.8 Å². The van der Waals surface area contributed by atoms with E-state index in [2.05, 4.69) is 41.0 Å². The minimum absolute atomic E-state index is 0.175. The Labute approximate surface area is 215 Å². The van der Waals surface area contributed by atoms with Crippen molar-refractivity contribution in [3.05, 3.63) is 100 Å². The molecule has 0 amide bonds. The first-order chi connectivity index (χ1) is 17.2. The zero-order valence-electron chi connectivity index (χ0n) is 20.9. The molecule has 36 heavy (non-hydrogen) atoms. The largest absolute Gasteiger partial charge is 0.468 e. The molecular weight excluding hydrogens is 490 g/mol. The van der Waals surface area contributed by atoms with Crippen LogP contribution in [0.15, 0.2) is 75.7 Å². The number of thiazole rings is 1. The minimum Gasteiger partial charge on any atom is -0.468 e. The molecule has 0 aliphatic carbocycles. The molecule has 5 aromatic rings. The summed E-state index contributed by atoms with van der Waals surface area (Å²) in [5.74, 6) is 0.612. The molecular formula is C28H29N3O3S2. The summed E-state index contributed by atoms with van der Waals surface area (Å²) in [6.07, 6.45) is 4.15. The minimum atomic E-state index is -3.75. The maximum atomic E-state index is 13.9. The van der Waals surface area contributed by atoms with E-state index < -0.39 is 10.0 Å². The van der Waals surface area contributed by atoms with Gasteiger partial charge in [0.25, 0.3) is 0 Å². The number of aromatic nitrogens is 2. The Morgan fingerprint density at radius 3 is 2.39 bits per heavy atom. The molecule has 0 radical (unpaired) electrons. The van der Waals surface area contributed by atoms with Crippen LogP contribution in [0.1, 0.15) is 33.7 Å². The third kappa shape index (κ3) is 4.76. The van der Waals surface area contributed by atoms with Crippen LogP contribution < -0.4 is 0 Å². The summed E-state index contributed by atoms with van der Waals surface area (Å²) in [6.45, 7) is 8.26. The van der Waals surface area contributed by atoms with E-state index in [0.717, 1.165) is 38.6 Å². The van der Waals surface area contributed by atoms with Crippen molar-refractivity contribution in [3.8, 4) is 11.3 Å². The Morgan fingerprint density at radius 2 is 1.72 bits per heavy atom. The van der Waals surface area contributed by atoms with E-state index in [1.807, 2.05) is 45.2 Å². The van der Waals surface area contributed by atoms with Crippen molar-refractivity contribution < 1.29 is 12.8 Å². The molecule has 0 aliphatic rings. The fraction of sp³-hybridized carbons (Fsp3) is 0.250. The van der Waals surface area contributed by atoms with Crippen molar-refractivity contribution in [2.45, 2.75) is 45.6 Å². The Balaban J connectivity index is 1.46. The van der Waals surface area contributed by atoms with Gasteiger partial charge >= 0.3 is 0 Å². The third-order valence-corrected chi connectivity index (χ3v) is 9.40. The van der Waals surface area contributed by atoms with Crippen LogP contribution >= 0.6 is 11.3 Å². The summed E-state index contributed by atoms with van der Waals surface area (Å²) in [6, 6.07) is 15.7. The van der Waals surface area contributed by atoms with Gasteiger partial charge in [-0.25, -0.2) is 13.4 Å². The standard InChI is InChI=1S/C28H29N3O3S2/c1-19-7-9-23(10-8-19)26-17-31-24(18-35-28(31)29-26)11-12-30(16-25-6-5-13-34-25)36(32,33)27-21(3)14-20(2)15-22(27)4/h5-10,13-15,17-18H,11-12,16H2,1-4H3. The maximum absolute atomic E-state index is 13.9. The predicted octanol–water partition coefficient (Wildman–Crippen LogP) is 6.32. The van der Waals surface area contributed by atoms with E-state index in [4.69, 9.17) is 9.40 Å². The number of furan rings is 1. The molecule has 0 fully saturated rings. The first-order valence-corrected chi connectivity index (χ1v) is 14.2. The molecule has 8 heteroatoms. The Kier molecular flexibility index (Phi) is 6.59. The van der Waals surface area contributed by atoms with Crippen LogP contribution in [0.3, 0.4) is 0 Å². The predicted molar refractivity (Wildman–Crippen MR) is 144 cm³/mol. The van der Waals surface area contributed by atoms with E-state index in [0.29, 0.717) is 23.6 Å². The topological polar surface area (TPSA) is 67.8 Å². The number of aryl methyl sites for hydroxylation is 4. The van der Waals surface area contributed by atoms with Crippen LogP contribution in [0.4, 0.5) is 0 Å². The van der Waals surface area contributed by atoms with Crippen LogP contribution in [-0.2, 0) is 23.0 Å². The Hall–Kier alpha value is -3.20. The molecule has 6 nitrogen and oxygen atoms in total. The zero-order chi connectivity index (χ0) is 25.4. The number of rotatable bonds is 8. The summed E-state index contributed by atoms with van der Waals surface area (Å²) < 4.78 is 37.0. The molecule has 0 spiro atoms.